The quantitative estimate of drug-likeness (QED) is 0.796. The van der Waals surface area contributed by atoms with E-state index in [0.717, 1.165) is 17.0 Å². The number of ether oxygens (including phenoxy) is 1. The molecule has 0 fully saturated rings. The zero-order chi connectivity index (χ0) is 20.1. The highest BCUT2D eigenvalue weighted by atomic mass is 32.2. The van der Waals surface area contributed by atoms with Gasteiger partial charge in [-0.25, -0.2) is 0 Å². The summed E-state index contributed by atoms with van der Waals surface area (Å²) in [6.07, 6.45) is 0.937. The molecule has 0 aliphatic carbocycles. The van der Waals surface area contributed by atoms with Crippen LogP contribution < -0.4 is 20.3 Å². The van der Waals surface area contributed by atoms with Crippen LogP contribution >= 0.6 is 11.8 Å². The predicted molar refractivity (Wildman–Crippen MR) is 115 cm³/mol. The van der Waals surface area contributed by atoms with E-state index in [0.29, 0.717) is 28.9 Å². The lowest BCUT2D eigenvalue weighted by Crippen LogP contribution is -2.36. The highest BCUT2D eigenvalue weighted by Gasteiger charge is 2.24. The first-order valence-electron chi connectivity index (χ1n) is 9.23. The summed E-state index contributed by atoms with van der Waals surface area (Å²) < 4.78 is 5.37. The molecule has 2 amide bonds. The Kier molecular flexibility index (Phi) is 6.46. The fraction of sp³-hybridized carbons (Fsp3) is 0.333. The molecule has 3 rings (SSSR count). The minimum absolute atomic E-state index is 0.00543. The second-order valence-electron chi connectivity index (χ2n) is 6.68. The third-order valence-electron chi connectivity index (χ3n) is 4.49. The van der Waals surface area contributed by atoms with Gasteiger partial charge >= 0.3 is 0 Å². The van der Waals surface area contributed by atoms with E-state index < -0.39 is 0 Å². The Hall–Kier alpha value is -2.67. The first-order valence-corrected chi connectivity index (χ1v) is 10.1. The minimum atomic E-state index is -0.153. The molecule has 1 aliphatic rings. The van der Waals surface area contributed by atoms with Crippen LogP contribution in [0.1, 0.15) is 20.3 Å². The fourth-order valence-electron chi connectivity index (χ4n) is 3.14. The van der Waals surface area contributed by atoms with Crippen molar-refractivity contribution in [1.82, 2.24) is 0 Å². The lowest BCUT2D eigenvalue weighted by molar-refractivity contribution is -0.117. The van der Waals surface area contributed by atoms with Gasteiger partial charge in [0.25, 0.3) is 0 Å². The maximum atomic E-state index is 13.0. The maximum Gasteiger partial charge on any atom is 0.246 e. The van der Waals surface area contributed by atoms with Gasteiger partial charge < -0.3 is 20.3 Å². The van der Waals surface area contributed by atoms with Gasteiger partial charge in [-0.1, -0.05) is 19.1 Å². The predicted octanol–water partition coefficient (Wildman–Crippen LogP) is 3.98. The van der Waals surface area contributed by atoms with Crippen LogP contribution in [-0.2, 0) is 9.59 Å². The van der Waals surface area contributed by atoms with Gasteiger partial charge in [-0.15, -0.1) is 11.8 Å². The first kappa shape index (κ1) is 20.1. The van der Waals surface area contributed by atoms with Crippen molar-refractivity contribution in [2.45, 2.75) is 30.4 Å². The van der Waals surface area contributed by atoms with Crippen LogP contribution in [0.3, 0.4) is 0 Å². The van der Waals surface area contributed by atoms with Gasteiger partial charge in [-0.3, -0.25) is 9.59 Å². The molecule has 0 aromatic heterocycles. The first-order chi connectivity index (χ1) is 13.5. The number of fused-ring (bicyclic) bond motifs is 1. The van der Waals surface area contributed by atoms with E-state index >= 15 is 0 Å². The SMILES string of the molecule is COc1ccc(NC(C)=O)cc1NCC(=O)N1CCC(C)Sc2ccccc21. The molecule has 0 bridgehead atoms. The van der Waals surface area contributed by atoms with Crippen LogP contribution in [0.5, 0.6) is 5.75 Å². The van der Waals surface area contributed by atoms with E-state index in [-0.39, 0.29) is 18.4 Å². The number of benzene rings is 2. The summed E-state index contributed by atoms with van der Waals surface area (Å²) in [4.78, 5) is 27.3. The number of thioether (sulfide) groups is 1. The highest BCUT2D eigenvalue weighted by molar-refractivity contribution is 8.00. The molecule has 6 nitrogen and oxygen atoms in total. The third kappa shape index (κ3) is 4.78. The number of anilines is 3. The van der Waals surface area contributed by atoms with Gasteiger partial charge in [-0.2, -0.15) is 0 Å². The van der Waals surface area contributed by atoms with Crippen molar-refractivity contribution >= 4 is 40.6 Å². The topological polar surface area (TPSA) is 70.7 Å². The van der Waals surface area contributed by atoms with Gasteiger partial charge in [0.05, 0.1) is 25.0 Å². The Labute approximate surface area is 169 Å². The number of rotatable bonds is 5. The number of methoxy groups -OCH3 is 1. The minimum Gasteiger partial charge on any atom is -0.495 e. The van der Waals surface area contributed by atoms with Gasteiger partial charge in [0, 0.05) is 29.3 Å². The number of para-hydroxylation sites is 1. The average Bonchev–Trinajstić information content (AvgIpc) is 2.84. The molecule has 7 heteroatoms. The molecule has 148 valence electrons. The molecule has 1 aliphatic heterocycles. The van der Waals surface area contributed by atoms with Crippen molar-refractivity contribution in [2.75, 3.05) is 35.7 Å². The second-order valence-corrected chi connectivity index (χ2v) is 8.16. The lowest BCUT2D eigenvalue weighted by Gasteiger charge is -2.23. The summed E-state index contributed by atoms with van der Waals surface area (Å²) in [5.74, 6) is 0.455. The number of nitrogens with zero attached hydrogens (tertiary/aromatic N) is 1. The number of hydrogen-bond acceptors (Lipinski definition) is 5. The van der Waals surface area contributed by atoms with E-state index in [2.05, 4.69) is 23.6 Å². The van der Waals surface area contributed by atoms with Crippen molar-refractivity contribution in [3.8, 4) is 5.75 Å². The summed E-state index contributed by atoms with van der Waals surface area (Å²) in [5.41, 5.74) is 2.27. The van der Waals surface area contributed by atoms with Gasteiger partial charge in [0.2, 0.25) is 11.8 Å². The molecule has 1 heterocycles. The Morgan fingerprint density at radius 1 is 1.25 bits per heavy atom. The number of hydrogen-bond donors (Lipinski definition) is 2. The summed E-state index contributed by atoms with van der Waals surface area (Å²) in [7, 11) is 1.57. The largest absolute Gasteiger partial charge is 0.495 e. The van der Waals surface area contributed by atoms with E-state index in [1.807, 2.05) is 34.9 Å². The smallest absolute Gasteiger partial charge is 0.246 e. The van der Waals surface area contributed by atoms with Crippen LogP contribution in [0.15, 0.2) is 47.4 Å². The second kappa shape index (κ2) is 9.01. The molecule has 2 aromatic rings. The average molecular weight is 400 g/mol. The Balaban J connectivity index is 1.76. The molecule has 0 spiro atoms. The van der Waals surface area contributed by atoms with Crippen LogP contribution in [0, 0.1) is 0 Å². The molecule has 1 unspecified atom stereocenters. The number of carbonyl (C=O) groups is 2. The lowest BCUT2D eigenvalue weighted by atomic mass is 10.2. The van der Waals surface area contributed by atoms with Gasteiger partial charge in [0.1, 0.15) is 5.75 Å². The summed E-state index contributed by atoms with van der Waals surface area (Å²) in [6, 6.07) is 13.3. The van der Waals surface area contributed by atoms with Gasteiger partial charge in [0.15, 0.2) is 0 Å². The van der Waals surface area contributed by atoms with Crippen LogP contribution in [-0.4, -0.2) is 37.3 Å². The molecule has 2 N–H and O–H groups in total. The van der Waals surface area contributed by atoms with Gasteiger partial charge in [-0.05, 0) is 36.8 Å². The van der Waals surface area contributed by atoms with Crippen molar-refractivity contribution in [1.29, 1.82) is 0 Å². The molecule has 0 saturated carbocycles. The zero-order valence-electron chi connectivity index (χ0n) is 16.3. The number of carbonyl (C=O) groups excluding carboxylic acids is 2. The molecule has 0 radical (unpaired) electrons. The molecule has 2 aromatic carbocycles. The van der Waals surface area contributed by atoms with Crippen LogP contribution in [0.4, 0.5) is 17.1 Å². The Morgan fingerprint density at radius 2 is 2.04 bits per heavy atom. The van der Waals surface area contributed by atoms with E-state index in [1.54, 1.807) is 25.3 Å². The van der Waals surface area contributed by atoms with Crippen molar-refractivity contribution in [2.24, 2.45) is 0 Å². The normalized spacial score (nSPS) is 16.0. The molecular formula is C21H25N3O3S. The number of amides is 2. The van der Waals surface area contributed by atoms with E-state index in [9.17, 15) is 9.59 Å². The fourth-order valence-corrected chi connectivity index (χ4v) is 4.25. The van der Waals surface area contributed by atoms with Crippen LogP contribution in [0.2, 0.25) is 0 Å². The monoisotopic (exact) mass is 399 g/mol. The summed E-state index contributed by atoms with van der Waals surface area (Å²) in [6.45, 7) is 4.46. The maximum absolute atomic E-state index is 13.0. The molecule has 28 heavy (non-hydrogen) atoms. The standard InChI is InChI=1S/C21H25N3O3S/c1-14-10-11-24(18-6-4-5-7-20(18)28-14)21(26)13-22-17-12-16(23-15(2)25)8-9-19(17)27-3/h4-9,12,14,22H,10-11,13H2,1-3H3,(H,23,25). The summed E-state index contributed by atoms with van der Waals surface area (Å²) >= 11 is 1.81. The van der Waals surface area contributed by atoms with E-state index in [4.69, 9.17) is 4.74 Å². The molecule has 1 atom stereocenters. The van der Waals surface area contributed by atoms with Crippen molar-refractivity contribution in [3.63, 3.8) is 0 Å². The van der Waals surface area contributed by atoms with Crippen molar-refractivity contribution < 1.29 is 14.3 Å². The molecular weight excluding hydrogens is 374 g/mol. The van der Waals surface area contributed by atoms with Crippen molar-refractivity contribution in [3.05, 3.63) is 42.5 Å². The Bertz CT molecular complexity index is 872. The molecule has 0 saturated heterocycles. The summed E-state index contributed by atoms with van der Waals surface area (Å²) in [5, 5.41) is 6.36. The highest BCUT2D eigenvalue weighted by Crippen LogP contribution is 2.37. The zero-order valence-corrected chi connectivity index (χ0v) is 17.1. The van der Waals surface area contributed by atoms with Crippen LogP contribution in [0.25, 0.3) is 0 Å². The van der Waals surface area contributed by atoms with E-state index in [1.165, 1.54) is 6.92 Å². The number of nitrogens with one attached hydrogen (secondary N) is 2. The third-order valence-corrected chi connectivity index (χ3v) is 5.73. The Morgan fingerprint density at radius 3 is 2.79 bits per heavy atom.